The molecule has 0 aliphatic rings. The summed E-state index contributed by atoms with van der Waals surface area (Å²) in [5.74, 6) is 1.54. The Labute approximate surface area is 71.8 Å². The van der Waals surface area contributed by atoms with Crippen molar-refractivity contribution >= 4 is 11.5 Å². The third kappa shape index (κ3) is 2.26. The summed E-state index contributed by atoms with van der Waals surface area (Å²) in [6, 6.07) is 0. The van der Waals surface area contributed by atoms with Gasteiger partial charge in [0.05, 0.1) is 0 Å². The largest absolute Gasteiger partial charge is 0.224 e. The molecule has 0 aliphatic heterocycles. The second-order valence-corrected chi connectivity index (χ2v) is 3.74. The molecule has 3 heteroatoms. The first-order valence-electron chi connectivity index (χ1n) is 4.06. The van der Waals surface area contributed by atoms with E-state index in [9.17, 15) is 0 Å². The molecule has 0 amide bonds. The number of hydrogen-bond acceptors (Lipinski definition) is 3. The highest BCUT2D eigenvalue weighted by Gasteiger charge is 2.05. The Kier molecular flexibility index (Phi) is 3.00. The van der Waals surface area contributed by atoms with Crippen molar-refractivity contribution < 1.29 is 0 Å². The van der Waals surface area contributed by atoms with Crippen LogP contribution in [0.5, 0.6) is 0 Å². The van der Waals surface area contributed by atoms with Gasteiger partial charge in [-0.05, 0) is 18.0 Å². The highest BCUT2D eigenvalue weighted by Crippen LogP contribution is 2.16. The highest BCUT2D eigenvalue weighted by atomic mass is 32.1. The molecule has 0 spiro atoms. The van der Waals surface area contributed by atoms with E-state index in [1.54, 1.807) is 0 Å². The zero-order chi connectivity index (χ0) is 8.27. The maximum absolute atomic E-state index is 4.41. The Morgan fingerprint density at radius 1 is 1.45 bits per heavy atom. The minimum absolute atomic E-state index is 0.526. The van der Waals surface area contributed by atoms with E-state index in [-0.39, 0.29) is 0 Å². The van der Waals surface area contributed by atoms with Gasteiger partial charge in [0.2, 0.25) is 0 Å². The van der Waals surface area contributed by atoms with Crippen LogP contribution in [0, 0.1) is 0 Å². The summed E-state index contributed by atoms with van der Waals surface area (Å²) in [5, 5.41) is 1.16. The van der Waals surface area contributed by atoms with Gasteiger partial charge in [0.15, 0.2) is 0 Å². The molecule has 1 aromatic heterocycles. The van der Waals surface area contributed by atoms with Gasteiger partial charge >= 0.3 is 0 Å². The molecule has 0 aliphatic carbocycles. The summed E-state index contributed by atoms with van der Waals surface area (Å²) in [5.41, 5.74) is 0. The fourth-order valence-corrected chi connectivity index (χ4v) is 1.52. The molecule has 1 rings (SSSR count). The lowest BCUT2D eigenvalue weighted by atomic mass is 10.2. The van der Waals surface area contributed by atoms with E-state index >= 15 is 0 Å². The van der Waals surface area contributed by atoms with Gasteiger partial charge in [-0.15, -0.1) is 0 Å². The number of nitrogens with zero attached hydrogens (tertiary/aromatic N) is 2. The van der Waals surface area contributed by atoms with Gasteiger partial charge in [0.1, 0.15) is 10.8 Å². The van der Waals surface area contributed by atoms with Crippen molar-refractivity contribution in [1.82, 2.24) is 9.36 Å². The summed E-state index contributed by atoms with van der Waals surface area (Å²) in [6.07, 6.45) is 2.15. The third-order valence-corrected chi connectivity index (χ3v) is 2.50. The van der Waals surface area contributed by atoms with Crippen LogP contribution in [0.1, 0.15) is 43.9 Å². The molecule has 1 heterocycles. The first kappa shape index (κ1) is 8.65. The molecule has 1 aromatic rings. The molecule has 0 saturated carbocycles. The van der Waals surface area contributed by atoms with Crippen molar-refractivity contribution in [3.8, 4) is 0 Å². The fraction of sp³-hybridized carbons (Fsp3) is 0.750. The first-order valence-corrected chi connectivity index (χ1v) is 4.83. The van der Waals surface area contributed by atoms with Crippen LogP contribution in [0.25, 0.3) is 0 Å². The summed E-state index contributed by atoms with van der Waals surface area (Å²) in [6.45, 7) is 6.45. The molecule has 0 bridgehead atoms. The highest BCUT2D eigenvalue weighted by molar-refractivity contribution is 7.05. The molecule has 0 aromatic carbocycles. The SMILES string of the molecule is CCCc1nsc(C(C)C)n1. The van der Waals surface area contributed by atoms with Crippen molar-refractivity contribution in [3.05, 3.63) is 10.8 Å². The molecule has 0 N–H and O–H groups in total. The summed E-state index contributed by atoms with van der Waals surface area (Å²) in [7, 11) is 0. The normalized spacial score (nSPS) is 10.9. The Balaban J connectivity index is 2.66. The Morgan fingerprint density at radius 2 is 2.18 bits per heavy atom. The molecule has 0 radical (unpaired) electrons. The molecule has 11 heavy (non-hydrogen) atoms. The minimum atomic E-state index is 0.526. The molecule has 0 unspecified atom stereocenters. The van der Waals surface area contributed by atoms with Gasteiger partial charge in [-0.3, -0.25) is 0 Å². The molecule has 62 valence electrons. The standard InChI is InChI=1S/C8H14N2S/c1-4-5-7-9-8(6(2)3)11-10-7/h6H,4-5H2,1-3H3. The van der Waals surface area contributed by atoms with E-state index in [0.29, 0.717) is 5.92 Å². The van der Waals surface area contributed by atoms with Crippen LogP contribution < -0.4 is 0 Å². The van der Waals surface area contributed by atoms with Crippen LogP contribution in [0.4, 0.5) is 0 Å². The first-order chi connectivity index (χ1) is 5.24. The predicted octanol–water partition coefficient (Wildman–Crippen LogP) is 2.61. The Morgan fingerprint density at radius 3 is 2.64 bits per heavy atom. The molecule has 0 saturated heterocycles. The van der Waals surface area contributed by atoms with Gasteiger partial charge in [0.25, 0.3) is 0 Å². The average Bonchev–Trinajstić information content (AvgIpc) is 2.37. The molecule has 0 atom stereocenters. The minimum Gasteiger partial charge on any atom is -0.224 e. The van der Waals surface area contributed by atoms with Crippen molar-refractivity contribution in [1.29, 1.82) is 0 Å². The van der Waals surface area contributed by atoms with E-state index in [4.69, 9.17) is 0 Å². The van der Waals surface area contributed by atoms with Gasteiger partial charge < -0.3 is 0 Å². The van der Waals surface area contributed by atoms with Crippen molar-refractivity contribution in [2.45, 2.75) is 39.5 Å². The second kappa shape index (κ2) is 3.81. The van der Waals surface area contributed by atoms with Gasteiger partial charge in [0, 0.05) is 12.3 Å². The van der Waals surface area contributed by atoms with Gasteiger partial charge in [-0.2, -0.15) is 4.37 Å². The van der Waals surface area contributed by atoms with Gasteiger partial charge in [-0.25, -0.2) is 4.98 Å². The molecular weight excluding hydrogens is 156 g/mol. The van der Waals surface area contributed by atoms with Crippen LogP contribution in [-0.2, 0) is 6.42 Å². The molecular formula is C8H14N2S. The predicted molar refractivity (Wildman–Crippen MR) is 48.0 cm³/mol. The zero-order valence-corrected chi connectivity index (χ0v) is 8.11. The van der Waals surface area contributed by atoms with E-state index in [1.807, 2.05) is 0 Å². The number of aryl methyl sites for hydroxylation is 1. The summed E-state index contributed by atoms with van der Waals surface area (Å²) >= 11 is 1.54. The maximum atomic E-state index is 4.41. The number of hydrogen-bond donors (Lipinski definition) is 0. The fourth-order valence-electron chi connectivity index (χ4n) is 0.827. The van der Waals surface area contributed by atoms with Crippen LogP contribution in [-0.4, -0.2) is 9.36 Å². The van der Waals surface area contributed by atoms with E-state index in [0.717, 1.165) is 23.7 Å². The Bertz CT molecular complexity index is 218. The number of aromatic nitrogens is 2. The lowest BCUT2D eigenvalue weighted by Crippen LogP contribution is -1.88. The Hall–Kier alpha value is -0.440. The quantitative estimate of drug-likeness (QED) is 0.697. The molecule has 2 nitrogen and oxygen atoms in total. The van der Waals surface area contributed by atoms with Crippen molar-refractivity contribution in [3.63, 3.8) is 0 Å². The van der Waals surface area contributed by atoms with E-state index in [1.165, 1.54) is 11.5 Å². The summed E-state index contributed by atoms with van der Waals surface area (Å²) in [4.78, 5) is 4.41. The van der Waals surface area contributed by atoms with Crippen LogP contribution in [0.2, 0.25) is 0 Å². The lowest BCUT2D eigenvalue weighted by Gasteiger charge is -1.94. The van der Waals surface area contributed by atoms with Crippen molar-refractivity contribution in [2.75, 3.05) is 0 Å². The monoisotopic (exact) mass is 170 g/mol. The van der Waals surface area contributed by atoms with E-state index < -0.39 is 0 Å². The zero-order valence-electron chi connectivity index (χ0n) is 7.29. The average molecular weight is 170 g/mol. The topological polar surface area (TPSA) is 25.8 Å². The van der Waals surface area contributed by atoms with Crippen LogP contribution >= 0.6 is 11.5 Å². The lowest BCUT2D eigenvalue weighted by molar-refractivity contribution is 0.810. The van der Waals surface area contributed by atoms with Crippen molar-refractivity contribution in [2.24, 2.45) is 0 Å². The van der Waals surface area contributed by atoms with E-state index in [2.05, 4.69) is 30.1 Å². The maximum Gasteiger partial charge on any atom is 0.142 e. The second-order valence-electron chi connectivity index (χ2n) is 2.95. The van der Waals surface area contributed by atoms with Crippen LogP contribution in [0.15, 0.2) is 0 Å². The number of rotatable bonds is 3. The molecule has 0 fully saturated rings. The third-order valence-electron chi connectivity index (χ3n) is 1.45. The van der Waals surface area contributed by atoms with Gasteiger partial charge in [-0.1, -0.05) is 20.8 Å². The van der Waals surface area contributed by atoms with Crippen LogP contribution in [0.3, 0.4) is 0 Å². The smallest absolute Gasteiger partial charge is 0.142 e. The summed E-state index contributed by atoms with van der Waals surface area (Å²) < 4.78 is 4.26.